The van der Waals surface area contributed by atoms with Crippen LogP contribution in [0.15, 0.2) is 42.4 Å². The molecule has 0 radical (unpaired) electrons. The average molecular weight is 428 g/mol. The molecule has 0 saturated heterocycles. The molecule has 0 saturated carbocycles. The minimum absolute atomic E-state index is 0.00897. The number of carbonyl (C=O) groups is 1. The van der Waals surface area contributed by atoms with E-state index in [1.807, 2.05) is 4.98 Å². The Morgan fingerprint density at radius 2 is 2.24 bits per heavy atom. The van der Waals surface area contributed by atoms with E-state index in [4.69, 9.17) is 4.74 Å². The molecule has 0 aliphatic carbocycles. The summed E-state index contributed by atoms with van der Waals surface area (Å²) in [7, 11) is 1.56. The van der Waals surface area contributed by atoms with E-state index in [0.29, 0.717) is 5.75 Å². The molecule has 25 heavy (non-hydrogen) atoms. The molecule has 1 atom stereocenters. The van der Waals surface area contributed by atoms with Crippen molar-refractivity contribution < 1.29 is 9.53 Å². The fraction of sp³-hybridized carbons (Fsp3) is 0.214. The topological polar surface area (TPSA) is 129 Å². The molecule has 1 heterocycles. The summed E-state index contributed by atoms with van der Waals surface area (Å²) in [6.45, 7) is 1.59. The number of aromatic amines is 2. The second-order valence-electron chi connectivity index (χ2n) is 4.70. The number of hydrogen-bond acceptors (Lipinski definition) is 7. The Balaban J connectivity index is 1.95. The number of thioether (sulfide) groups is 1. The lowest BCUT2D eigenvalue weighted by molar-refractivity contribution is -0.120. The van der Waals surface area contributed by atoms with Crippen LogP contribution in [0.1, 0.15) is 12.5 Å². The van der Waals surface area contributed by atoms with E-state index in [1.54, 1.807) is 32.2 Å². The van der Waals surface area contributed by atoms with Crippen molar-refractivity contribution in [1.82, 2.24) is 20.6 Å². The summed E-state index contributed by atoms with van der Waals surface area (Å²) in [5.74, 6) is 0.269. The molecule has 3 N–H and O–H groups in total. The van der Waals surface area contributed by atoms with Gasteiger partial charge in [0.25, 0.3) is 11.5 Å². The number of nitrogens with one attached hydrogen (secondary N) is 3. The van der Waals surface area contributed by atoms with Crippen molar-refractivity contribution in [3.63, 3.8) is 0 Å². The standard InChI is InChI=1S/C14H14BrN5O4S/c1-7(25-13-12(22)17-14(23)20-19-13)11(21)18-16-6-8-3-4-10(24-2)9(15)5-8/h3-7H,1-2H3,(H,18,21)(H2,17,20,22,23)/b16-6+. The predicted molar refractivity (Wildman–Crippen MR) is 97.2 cm³/mol. The van der Waals surface area contributed by atoms with Gasteiger partial charge in [-0.1, -0.05) is 11.8 Å². The van der Waals surface area contributed by atoms with Crippen LogP contribution in [0.3, 0.4) is 0 Å². The number of amides is 1. The van der Waals surface area contributed by atoms with Crippen LogP contribution in [0, 0.1) is 0 Å². The molecule has 1 aromatic carbocycles. The highest BCUT2D eigenvalue weighted by Gasteiger charge is 2.17. The lowest BCUT2D eigenvalue weighted by atomic mass is 10.2. The number of carbonyl (C=O) groups excluding carboxylic acids is 1. The molecule has 9 nitrogen and oxygen atoms in total. The minimum atomic E-state index is -0.707. The Bertz CT molecular complexity index is 911. The van der Waals surface area contributed by atoms with E-state index in [1.165, 1.54) is 6.21 Å². The summed E-state index contributed by atoms with van der Waals surface area (Å²) in [4.78, 5) is 36.5. The largest absolute Gasteiger partial charge is 0.496 e. The second-order valence-corrected chi connectivity index (χ2v) is 6.88. The first-order valence-corrected chi connectivity index (χ1v) is 8.60. The third-order valence-electron chi connectivity index (χ3n) is 2.90. The maximum absolute atomic E-state index is 12.0. The Morgan fingerprint density at radius 1 is 1.48 bits per heavy atom. The Kier molecular flexibility index (Phi) is 6.53. The molecule has 2 rings (SSSR count). The van der Waals surface area contributed by atoms with Crippen molar-refractivity contribution in [2.24, 2.45) is 5.10 Å². The van der Waals surface area contributed by atoms with Crippen LogP contribution in [-0.4, -0.2) is 39.7 Å². The highest BCUT2D eigenvalue weighted by Crippen LogP contribution is 2.24. The molecule has 1 amide bonds. The van der Waals surface area contributed by atoms with E-state index in [-0.39, 0.29) is 5.03 Å². The number of hydrogen-bond donors (Lipinski definition) is 3. The Hall–Kier alpha value is -2.40. The number of halogens is 1. The molecular weight excluding hydrogens is 414 g/mol. The fourth-order valence-electron chi connectivity index (χ4n) is 1.66. The van der Waals surface area contributed by atoms with E-state index in [2.05, 4.69) is 36.7 Å². The maximum Gasteiger partial charge on any atom is 0.342 e. The van der Waals surface area contributed by atoms with Gasteiger partial charge in [0.05, 0.1) is 23.0 Å². The number of hydrazone groups is 1. The van der Waals surface area contributed by atoms with Crippen LogP contribution in [0.4, 0.5) is 0 Å². The number of methoxy groups -OCH3 is 1. The zero-order valence-corrected chi connectivity index (χ0v) is 15.6. The van der Waals surface area contributed by atoms with E-state index >= 15 is 0 Å². The predicted octanol–water partition coefficient (Wildman–Crippen LogP) is 0.860. The van der Waals surface area contributed by atoms with Crippen molar-refractivity contribution >= 4 is 39.8 Å². The first-order chi connectivity index (χ1) is 11.9. The number of ether oxygens (including phenoxy) is 1. The van der Waals surface area contributed by atoms with Crippen molar-refractivity contribution in [2.75, 3.05) is 7.11 Å². The fourth-order valence-corrected chi connectivity index (χ4v) is 2.97. The smallest absolute Gasteiger partial charge is 0.342 e. The molecule has 132 valence electrons. The lowest BCUT2D eigenvalue weighted by Crippen LogP contribution is -2.30. The summed E-state index contributed by atoms with van der Waals surface area (Å²) >= 11 is 4.26. The summed E-state index contributed by atoms with van der Waals surface area (Å²) < 4.78 is 5.89. The van der Waals surface area contributed by atoms with Crippen LogP contribution in [-0.2, 0) is 4.79 Å². The SMILES string of the molecule is COc1ccc(/C=N/NC(=O)C(C)Sc2n[nH]c(=O)[nH]c2=O)cc1Br. The molecule has 11 heteroatoms. The van der Waals surface area contributed by atoms with Gasteiger partial charge < -0.3 is 4.74 Å². The van der Waals surface area contributed by atoms with Gasteiger partial charge in [-0.15, -0.1) is 0 Å². The monoisotopic (exact) mass is 427 g/mol. The number of nitrogens with zero attached hydrogens (tertiary/aromatic N) is 2. The summed E-state index contributed by atoms with van der Waals surface area (Å²) in [6.07, 6.45) is 1.48. The van der Waals surface area contributed by atoms with Gasteiger partial charge in [-0.3, -0.25) is 14.6 Å². The van der Waals surface area contributed by atoms with Crippen LogP contribution >= 0.6 is 27.7 Å². The second kappa shape index (κ2) is 8.62. The molecule has 0 spiro atoms. The van der Waals surface area contributed by atoms with E-state index in [9.17, 15) is 14.4 Å². The van der Waals surface area contributed by atoms with Gasteiger partial charge in [-0.25, -0.2) is 15.3 Å². The van der Waals surface area contributed by atoms with Gasteiger partial charge in [0.1, 0.15) is 5.75 Å². The zero-order valence-electron chi connectivity index (χ0n) is 13.2. The lowest BCUT2D eigenvalue weighted by Gasteiger charge is -2.07. The summed E-state index contributed by atoms with van der Waals surface area (Å²) in [5.41, 5.74) is 1.78. The van der Waals surface area contributed by atoms with Crippen molar-refractivity contribution in [2.45, 2.75) is 17.2 Å². The maximum atomic E-state index is 12.0. The molecule has 2 aromatic rings. The highest BCUT2D eigenvalue weighted by molar-refractivity contribution is 9.10. The molecule has 1 unspecified atom stereocenters. The van der Waals surface area contributed by atoms with Crippen LogP contribution < -0.4 is 21.4 Å². The van der Waals surface area contributed by atoms with Crippen LogP contribution in [0.5, 0.6) is 5.75 Å². The summed E-state index contributed by atoms with van der Waals surface area (Å²) in [6, 6.07) is 5.33. The van der Waals surface area contributed by atoms with Gasteiger partial charge in [0, 0.05) is 0 Å². The Morgan fingerprint density at radius 3 is 2.88 bits per heavy atom. The first kappa shape index (κ1) is 18.9. The van der Waals surface area contributed by atoms with Gasteiger partial charge in [0.2, 0.25) is 0 Å². The summed E-state index contributed by atoms with van der Waals surface area (Å²) in [5, 5.41) is 8.93. The van der Waals surface area contributed by atoms with Crippen molar-refractivity contribution in [1.29, 1.82) is 0 Å². The quantitative estimate of drug-likeness (QED) is 0.356. The normalized spacial score (nSPS) is 12.1. The number of aromatic nitrogens is 3. The first-order valence-electron chi connectivity index (χ1n) is 6.93. The third kappa shape index (κ3) is 5.29. The van der Waals surface area contributed by atoms with Gasteiger partial charge in [-0.05, 0) is 46.6 Å². The van der Waals surface area contributed by atoms with Gasteiger partial charge in [0.15, 0.2) is 5.03 Å². The van der Waals surface area contributed by atoms with Crippen molar-refractivity contribution in [3.8, 4) is 5.75 Å². The molecular formula is C14H14BrN5O4S. The molecule has 0 aliphatic heterocycles. The van der Waals surface area contributed by atoms with Crippen LogP contribution in [0.2, 0.25) is 0 Å². The van der Waals surface area contributed by atoms with Gasteiger partial charge >= 0.3 is 5.69 Å². The zero-order chi connectivity index (χ0) is 18.4. The number of H-pyrrole nitrogens is 2. The third-order valence-corrected chi connectivity index (χ3v) is 4.59. The minimum Gasteiger partial charge on any atom is -0.496 e. The van der Waals surface area contributed by atoms with E-state index in [0.717, 1.165) is 21.8 Å². The molecule has 1 aromatic heterocycles. The molecule has 0 aliphatic rings. The molecule has 0 bridgehead atoms. The number of rotatable bonds is 6. The number of benzene rings is 1. The van der Waals surface area contributed by atoms with Crippen molar-refractivity contribution in [3.05, 3.63) is 49.1 Å². The Labute approximate surface area is 154 Å². The molecule has 0 fully saturated rings. The van der Waals surface area contributed by atoms with Crippen LogP contribution in [0.25, 0.3) is 0 Å². The van der Waals surface area contributed by atoms with Gasteiger partial charge in [-0.2, -0.15) is 10.2 Å². The average Bonchev–Trinajstić information content (AvgIpc) is 2.57. The van der Waals surface area contributed by atoms with E-state index < -0.39 is 22.4 Å². The highest BCUT2D eigenvalue weighted by atomic mass is 79.9.